The third-order valence-electron chi connectivity index (χ3n) is 6.40. The zero-order valence-electron chi connectivity index (χ0n) is 18.0. The fraction of sp³-hybridized carbons (Fsp3) is 0.320. The molecule has 3 N–H and O–H groups in total. The van der Waals surface area contributed by atoms with Crippen molar-refractivity contribution in [3.05, 3.63) is 76.6 Å². The monoisotopic (exact) mass is 455 g/mol. The first-order chi connectivity index (χ1) is 15.9. The third kappa shape index (κ3) is 4.29. The molecule has 1 aliphatic heterocycles. The average molecular weight is 455 g/mol. The molecule has 1 aliphatic carbocycles. The van der Waals surface area contributed by atoms with Crippen molar-refractivity contribution < 1.29 is 22.7 Å². The second-order valence-corrected chi connectivity index (χ2v) is 8.79. The molecule has 5 nitrogen and oxygen atoms in total. The number of hydrogen-bond donors (Lipinski definition) is 2. The summed E-state index contributed by atoms with van der Waals surface area (Å²) in [5.74, 6) is -1.72. The first kappa shape index (κ1) is 21.4. The Balaban J connectivity index is 1.33. The van der Waals surface area contributed by atoms with Gasteiger partial charge in [0, 0.05) is 48.3 Å². The molecule has 0 spiro atoms. The van der Waals surface area contributed by atoms with Gasteiger partial charge in [-0.15, -0.1) is 0 Å². The van der Waals surface area contributed by atoms with Crippen LogP contribution >= 0.6 is 0 Å². The first-order valence-corrected chi connectivity index (χ1v) is 11.1. The Morgan fingerprint density at radius 3 is 2.76 bits per heavy atom. The van der Waals surface area contributed by atoms with Gasteiger partial charge in [0.25, 0.3) is 0 Å². The van der Waals surface area contributed by atoms with Crippen molar-refractivity contribution in [3.8, 4) is 5.75 Å². The van der Waals surface area contributed by atoms with Crippen LogP contribution in [0.3, 0.4) is 0 Å². The predicted molar refractivity (Wildman–Crippen MR) is 118 cm³/mol. The third-order valence-corrected chi connectivity index (χ3v) is 6.40. The second kappa shape index (κ2) is 8.50. The fourth-order valence-electron chi connectivity index (χ4n) is 4.51. The molecule has 0 atom stereocenters. The van der Waals surface area contributed by atoms with Crippen molar-refractivity contribution >= 4 is 16.8 Å². The van der Waals surface area contributed by atoms with Gasteiger partial charge in [0.1, 0.15) is 17.9 Å². The number of aryl methyl sites for hydroxylation is 1. The zero-order chi connectivity index (χ0) is 23.1. The number of rotatable bonds is 8. The number of nitrogens with one attached hydrogen (secondary N) is 1. The van der Waals surface area contributed by atoms with Crippen LogP contribution < -0.4 is 10.5 Å². The lowest BCUT2D eigenvalue weighted by atomic mass is 9.98. The number of hydrogen-bond acceptors (Lipinski definition) is 3. The molecule has 0 bridgehead atoms. The number of halogens is 3. The molecule has 2 aromatic carbocycles. The number of benzene rings is 2. The molecule has 2 heterocycles. The summed E-state index contributed by atoms with van der Waals surface area (Å²) >= 11 is 0. The van der Waals surface area contributed by atoms with Gasteiger partial charge < -0.3 is 20.4 Å². The number of aromatic amines is 1. The molecule has 5 rings (SSSR count). The lowest BCUT2D eigenvalue weighted by Crippen LogP contribution is -2.30. The van der Waals surface area contributed by atoms with Crippen LogP contribution in [0.1, 0.15) is 40.7 Å². The Labute approximate surface area is 189 Å². The van der Waals surface area contributed by atoms with Crippen molar-refractivity contribution in [1.29, 1.82) is 0 Å². The largest absolute Gasteiger partial charge is 0.460 e. The number of nitrogens with two attached hydrogens (primary N) is 1. The molecule has 1 saturated carbocycles. The second-order valence-electron chi connectivity index (χ2n) is 8.79. The molecule has 0 saturated heterocycles. The minimum absolute atomic E-state index is 0.0456. The van der Waals surface area contributed by atoms with E-state index in [1.807, 2.05) is 0 Å². The normalized spacial score (nSPS) is 15.2. The number of aromatic nitrogens is 1. The predicted octanol–water partition coefficient (Wildman–Crippen LogP) is 4.81. The molecule has 1 aromatic heterocycles. The molecule has 2 aliphatic rings. The van der Waals surface area contributed by atoms with Crippen LogP contribution in [0.15, 0.2) is 42.4 Å². The van der Waals surface area contributed by atoms with E-state index in [0.717, 1.165) is 43.1 Å². The molecular formula is C25H24F3N3O2. The van der Waals surface area contributed by atoms with Gasteiger partial charge in [0.05, 0.1) is 11.2 Å². The molecule has 1 amide bonds. The summed E-state index contributed by atoms with van der Waals surface area (Å²) in [7, 11) is 0. The summed E-state index contributed by atoms with van der Waals surface area (Å²) in [4.78, 5) is 17.0. The minimum atomic E-state index is -0.622. The lowest BCUT2D eigenvalue weighted by Gasteiger charge is -2.30. The van der Waals surface area contributed by atoms with E-state index in [2.05, 4.69) is 9.88 Å². The number of H-pyrrole nitrogens is 1. The summed E-state index contributed by atoms with van der Waals surface area (Å²) in [6.45, 7) is 1.52. The highest BCUT2D eigenvalue weighted by Crippen LogP contribution is 2.36. The zero-order valence-corrected chi connectivity index (χ0v) is 18.0. The summed E-state index contributed by atoms with van der Waals surface area (Å²) in [6, 6.07) is 4.80. The molecule has 33 heavy (non-hydrogen) atoms. The number of ether oxygens (including phenoxy) is 1. The van der Waals surface area contributed by atoms with Crippen LogP contribution in [-0.2, 0) is 12.8 Å². The van der Waals surface area contributed by atoms with E-state index in [1.165, 1.54) is 18.2 Å². The van der Waals surface area contributed by atoms with Gasteiger partial charge in [0.2, 0.25) is 5.91 Å². The Morgan fingerprint density at radius 1 is 1.18 bits per heavy atom. The molecule has 0 unspecified atom stereocenters. The van der Waals surface area contributed by atoms with Crippen molar-refractivity contribution in [1.82, 2.24) is 9.88 Å². The van der Waals surface area contributed by atoms with Crippen LogP contribution in [0, 0.1) is 23.4 Å². The number of amides is 1. The van der Waals surface area contributed by atoms with E-state index in [0.29, 0.717) is 41.8 Å². The van der Waals surface area contributed by atoms with Gasteiger partial charge in [-0.3, -0.25) is 4.79 Å². The van der Waals surface area contributed by atoms with Crippen LogP contribution in [0.5, 0.6) is 5.75 Å². The number of allylic oxidation sites excluding steroid dienone is 1. The van der Waals surface area contributed by atoms with E-state index in [4.69, 9.17) is 10.5 Å². The summed E-state index contributed by atoms with van der Waals surface area (Å²) in [5.41, 5.74) is 8.23. The van der Waals surface area contributed by atoms with Crippen LogP contribution in [0.25, 0.3) is 10.9 Å². The molecule has 1 fully saturated rings. The summed E-state index contributed by atoms with van der Waals surface area (Å²) in [5, 5.41) is 0.553. The highest BCUT2D eigenvalue weighted by molar-refractivity contribution is 5.95. The topological polar surface area (TPSA) is 71.4 Å². The molecule has 8 heteroatoms. The number of carbonyl (C=O) groups is 1. The molecule has 172 valence electrons. The van der Waals surface area contributed by atoms with Gasteiger partial charge in [-0.2, -0.15) is 0 Å². The number of primary amides is 1. The number of nitrogens with zero attached hydrogens (tertiary/aromatic N) is 1. The standard InChI is InChI=1S/C25H24F3N3O2/c26-16-8-19-15(11-30-23(19)22(28)9-16)2-1-7-31(12-14-3-4-14)17-10-20-18(25(29)32)5-6-21(27)24(20)33-13-17/h5-6,8-9,11,13-14,30H,1-4,7,10,12H2,(H2,29,32). The number of carbonyl (C=O) groups excluding carboxylic acids is 1. The maximum Gasteiger partial charge on any atom is 0.249 e. The maximum absolute atomic E-state index is 14.2. The maximum atomic E-state index is 14.2. The van der Waals surface area contributed by atoms with Crippen LogP contribution in [-0.4, -0.2) is 28.9 Å². The Bertz CT molecular complexity index is 1260. The van der Waals surface area contributed by atoms with Gasteiger partial charge in [-0.25, -0.2) is 13.2 Å². The van der Waals surface area contributed by atoms with Gasteiger partial charge in [0.15, 0.2) is 11.6 Å². The Hall–Kier alpha value is -3.42. The van der Waals surface area contributed by atoms with Crippen molar-refractivity contribution in [2.24, 2.45) is 11.7 Å². The smallest absolute Gasteiger partial charge is 0.249 e. The highest BCUT2D eigenvalue weighted by Gasteiger charge is 2.29. The van der Waals surface area contributed by atoms with Crippen molar-refractivity contribution in [2.75, 3.05) is 13.1 Å². The van der Waals surface area contributed by atoms with Gasteiger partial charge >= 0.3 is 0 Å². The van der Waals surface area contributed by atoms with Crippen LogP contribution in [0.4, 0.5) is 13.2 Å². The quantitative estimate of drug-likeness (QED) is 0.512. The average Bonchev–Trinajstić information content (AvgIpc) is 3.51. The molecular weight excluding hydrogens is 431 g/mol. The SMILES string of the molecule is NC(=O)c1ccc(F)c2c1CC(N(CCCc1c[nH]c3c(F)cc(F)cc13)CC1CC1)=CO2. The highest BCUT2D eigenvalue weighted by atomic mass is 19.1. The van der Waals surface area contributed by atoms with Crippen molar-refractivity contribution in [2.45, 2.75) is 32.1 Å². The first-order valence-electron chi connectivity index (χ1n) is 11.1. The number of fused-ring (bicyclic) bond motifs is 2. The Morgan fingerprint density at radius 2 is 2.00 bits per heavy atom. The lowest BCUT2D eigenvalue weighted by molar-refractivity contribution is 0.0998. The summed E-state index contributed by atoms with van der Waals surface area (Å²) in [6.07, 6.45) is 7.31. The fourth-order valence-corrected chi connectivity index (χ4v) is 4.51. The molecule has 0 radical (unpaired) electrons. The Kier molecular flexibility index (Phi) is 5.52. The molecule has 3 aromatic rings. The van der Waals surface area contributed by atoms with E-state index in [1.54, 1.807) is 12.5 Å². The van der Waals surface area contributed by atoms with E-state index >= 15 is 0 Å². The van der Waals surface area contributed by atoms with E-state index in [9.17, 15) is 18.0 Å². The summed E-state index contributed by atoms with van der Waals surface area (Å²) < 4.78 is 47.5. The van der Waals surface area contributed by atoms with E-state index in [-0.39, 0.29) is 11.3 Å². The van der Waals surface area contributed by atoms with Crippen molar-refractivity contribution in [3.63, 3.8) is 0 Å². The van der Waals surface area contributed by atoms with Gasteiger partial charge in [-0.05, 0) is 55.4 Å². The van der Waals surface area contributed by atoms with Crippen LogP contribution in [0.2, 0.25) is 0 Å². The minimum Gasteiger partial charge on any atom is -0.460 e. The van der Waals surface area contributed by atoms with E-state index < -0.39 is 23.4 Å². The van der Waals surface area contributed by atoms with Gasteiger partial charge in [-0.1, -0.05) is 0 Å².